The van der Waals surface area contributed by atoms with Gasteiger partial charge in [-0.15, -0.1) is 0 Å². The molecule has 1 aliphatic heterocycles. The number of hydrogen-bond donors (Lipinski definition) is 2. The van der Waals surface area contributed by atoms with E-state index >= 15 is 0 Å². The lowest BCUT2D eigenvalue weighted by atomic mass is 9.94. The maximum absolute atomic E-state index is 12.2. The van der Waals surface area contributed by atoms with Crippen LogP contribution in [0.5, 0.6) is 0 Å². The summed E-state index contributed by atoms with van der Waals surface area (Å²) >= 11 is 0. The van der Waals surface area contributed by atoms with Gasteiger partial charge in [0.25, 0.3) is 0 Å². The summed E-state index contributed by atoms with van der Waals surface area (Å²) in [6.45, 7) is 9.56. The molecule has 1 saturated heterocycles. The molecule has 0 aromatic heterocycles. The Kier molecular flexibility index (Phi) is 6.95. The van der Waals surface area contributed by atoms with Crippen molar-refractivity contribution in [2.45, 2.75) is 52.7 Å². The van der Waals surface area contributed by atoms with Crippen LogP contribution in [0, 0.1) is 11.8 Å². The molecular formula is C15H28N2O4. The van der Waals surface area contributed by atoms with Crippen molar-refractivity contribution in [1.82, 2.24) is 10.2 Å². The highest BCUT2D eigenvalue weighted by Crippen LogP contribution is 2.15. The monoisotopic (exact) mass is 300 g/mol. The molecule has 2 amide bonds. The molecule has 1 aliphatic rings. The first-order valence-electron chi connectivity index (χ1n) is 7.68. The van der Waals surface area contributed by atoms with Gasteiger partial charge in [0.15, 0.2) is 0 Å². The third-order valence-electron chi connectivity index (χ3n) is 3.52. The zero-order valence-electron chi connectivity index (χ0n) is 13.5. The Morgan fingerprint density at radius 3 is 2.33 bits per heavy atom. The minimum absolute atomic E-state index is 0.0256. The second kappa shape index (κ2) is 8.22. The quantitative estimate of drug-likeness (QED) is 0.786. The lowest BCUT2D eigenvalue weighted by molar-refractivity contribution is -0.138. The first kappa shape index (κ1) is 17.8. The maximum atomic E-state index is 12.2. The minimum atomic E-state index is -0.816. The molecule has 6 nitrogen and oxygen atoms in total. The van der Waals surface area contributed by atoms with Gasteiger partial charge in [-0.05, 0) is 32.1 Å². The highest BCUT2D eigenvalue weighted by molar-refractivity contribution is 5.74. The Morgan fingerprint density at radius 2 is 1.86 bits per heavy atom. The number of carboxylic acids is 1. The summed E-state index contributed by atoms with van der Waals surface area (Å²) in [4.78, 5) is 24.8. The normalized spacial score (nSPS) is 24.0. The number of rotatable bonds is 6. The number of ether oxygens (including phenoxy) is 1. The number of aliphatic carboxylic acids is 1. The van der Waals surface area contributed by atoms with Crippen LogP contribution in [0.4, 0.5) is 4.79 Å². The molecule has 21 heavy (non-hydrogen) atoms. The molecule has 0 bridgehead atoms. The van der Waals surface area contributed by atoms with E-state index in [1.165, 1.54) is 0 Å². The van der Waals surface area contributed by atoms with E-state index in [9.17, 15) is 9.59 Å². The van der Waals surface area contributed by atoms with Gasteiger partial charge in [-0.3, -0.25) is 4.79 Å². The molecule has 1 heterocycles. The fourth-order valence-corrected chi connectivity index (χ4v) is 2.84. The number of carbonyl (C=O) groups is 2. The first-order valence-corrected chi connectivity index (χ1v) is 7.68. The van der Waals surface area contributed by atoms with Crippen molar-refractivity contribution in [2.24, 2.45) is 11.8 Å². The second-order valence-electron chi connectivity index (χ2n) is 6.44. The molecule has 2 N–H and O–H groups in total. The summed E-state index contributed by atoms with van der Waals surface area (Å²) in [7, 11) is 0. The van der Waals surface area contributed by atoms with Crippen molar-refractivity contribution in [1.29, 1.82) is 0 Å². The van der Waals surface area contributed by atoms with Gasteiger partial charge < -0.3 is 20.1 Å². The standard InChI is InChI=1S/C15H28N2O4/c1-10(2)5-13(6-14(18)19)7-16-15(20)17-8-11(3)21-12(4)9-17/h10-13H,5-9H2,1-4H3,(H,16,20)(H,18,19)/t11-,12+,13?. The van der Waals surface area contributed by atoms with Gasteiger partial charge in [0, 0.05) is 26.1 Å². The van der Waals surface area contributed by atoms with Gasteiger partial charge in [0.05, 0.1) is 12.2 Å². The van der Waals surface area contributed by atoms with Crippen molar-refractivity contribution in [2.75, 3.05) is 19.6 Å². The number of hydrogen-bond acceptors (Lipinski definition) is 3. The third-order valence-corrected chi connectivity index (χ3v) is 3.52. The van der Waals surface area contributed by atoms with Crippen molar-refractivity contribution in [3.63, 3.8) is 0 Å². The molecule has 0 radical (unpaired) electrons. The SMILES string of the molecule is CC(C)CC(CNC(=O)N1C[C@@H](C)O[C@@H](C)C1)CC(=O)O. The highest BCUT2D eigenvalue weighted by Gasteiger charge is 2.26. The van der Waals surface area contributed by atoms with Crippen LogP contribution in [-0.2, 0) is 9.53 Å². The molecule has 122 valence electrons. The van der Waals surface area contributed by atoms with Crippen molar-refractivity contribution >= 4 is 12.0 Å². The van der Waals surface area contributed by atoms with Gasteiger partial charge in [-0.2, -0.15) is 0 Å². The summed E-state index contributed by atoms with van der Waals surface area (Å²) in [6.07, 6.45) is 0.951. The molecular weight excluding hydrogens is 272 g/mol. The van der Waals surface area contributed by atoms with Crippen LogP contribution in [0.3, 0.4) is 0 Å². The topological polar surface area (TPSA) is 78.9 Å². The predicted octanol–water partition coefficient (Wildman–Crippen LogP) is 1.94. The predicted molar refractivity (Wildman–Crippen MR) is 80.2 cm³/mol. The minimum Gasteiger partial charge on any atom is -0.481 e. The Hall–Kier alpha value is -1.30. The largest absolute Gasteiger partial charge is 0.481 e. The van der Waals surface area contributed by atoms with Crippen LogP contribution in [0.1, 0.15) is 40.5 Å². The van der Waals surface area contributed by atoms with Crippen molar-refractivity contribution in [3.05, 3.63) is 0 Å². The number of nitrogens with zero attached hydrogens (tertiary/aromatic N) is 1. The number of carbonyl (C=O) groups excluding carboxylic acids is 1. The molecule has 1 rings (SSSR count). The molecule has 0 aromatic rings. The van der Waals surface area contributed by atoms with Gasteiger partial charge in [-0.1, -0.05) is 13.8 Å². The van der Waals surface area contributed by atoms with Crippen molar-refractivity contribution in [3.8, 4) is 0 Å². The Labute approximate surface area is 126 Å². The summed E-state index contributed by atoms with van der Waals surface area (Å²) in [5.74, 6) is -0.430. The third kappa shape index (κ3) is 6.80. The lowest BCUT2D eigenvalue weighted by Crippen LogP contribution is -2.52. The fourth-order valence-electron chi connectivity index (χ4n) is 2.84. The Balaban J connectivity index is 2.46. The second-order valence-corrected chi connectivity index (χ2v) is 6.44. The smallest absolute Gasteiger partial charge is 0.317 e. The number of carboxylic acid groups (broad SMARTS) is 1. The van der Waals surface area contributed by atoms with Crippen LogP contribution < -0.4 is 5.32 Å². The Bertz CT molecular complexity index is 350. The van der Waals surface area contributed by atoms with Crippen LogP contribution >= 0.6 is 0 Å². The molecule has 0 saturated carbocycles. The molecule has 1 unspecified atom stereocenters. The summed E-state index contributed by atoms with van der Waals surface area (Å²) < 4.78 is 5.60. The van der Waals surface area contributed by atoms with Gasteiger partial charge in [0.1, 0.15) is 0 Å². The van der Waals surface area contributed by atoms with Crippen LogP contribution in [-0.4, -0.2) is 53.8 Å². The number of morpholine rings is 1. The van der Waals surface area contributed by atoms with E-state index in [2.05, 4.69) is 19.2 Å². The molecule has 3 atom stereocenters. The van der Waals surface area contributed by atoms with E-state index < -0.39 is 5.97 Å². The number of nitrogens with one attached hydrogen (secondary N) is 1. The molecule has 0 aromatic carbocycles. The van der Waals surface area contributed by atoms with Crippen LogP contribution in [0.25, 0.3) is 0 Å². The summed E-state index contributed by atoms with van der Waals surface area (Å²) in [5.41, 5.74) is 0. The van der Waals surface area contributed by atoms with E-state index in [0.717, 1.165) is 6.42 Å². The van der Waals surface area contributed by atoms with E-state index in [1.807, 2.05) is 13.8 Å². The fraction of sp³-hybridized carbons (Fsp3) is 0.867. The molecule has 6 heteroatoms. The summed E-state index contributed by atoms with van der Waals surface area (Å²) in [6, 6.07) is -0.129. The van der Waals surface area contributed by atoms with E-state index in [0.29, 0.717) is 25.6 Å². The Morgan fingerprint density at radius 1 is 1.29 bits per heavy atom. The van der Waals surface area contributed by atoms with Gasteiger partial charge in [0.2, 0.25) is 0 Å². The highest BCUT2D eigenvalue weighted by atomic mass is 16.5. The van der Waals surface area contributed by atoms with Gasteiger partial charge in [-0.25, -0.2) is 4.79 Å². The van der Waals surface area contributed by atoms with E-state index in [1.54, 1.807) is 4.90 Å². The summed E-state index contributed by atoms with van der Waals surface area (Å²) in [5, 5.41) is 11.8. The van der Waals surface area contributed by atoms with Crippen LogP contribution in [0.15, 0.2) is 0 Å². The number of urea groups is 1. The average molecular weight is 300 g/mol. The zero-order valence-corrected chi connectivity index (χ0v) is 13.5. The van der Waals surface area contributed by atoms with Crippen LogP contribution in [0.2, 0.25) is 0 Å². The molecule has 1 fully saturated rings. The lowest BCUT2D eigenvalue weighted by Gasteiger charge is -2.35. The molecule has 0 aliphatic carbocycles. The average Bonchev–Trinajstić information content (AvgIpc) is 2.32. The zero-order chi connectivity index (χ0) is 16.0. The van der Waals surface area contributed by atoms with E-state index in [-0.39, 0.29) is 30.6 Å². The van der Waals surface area contributed by atoms with Crippen molar-refractivity contribution < 1.29 is 19.4 Å². The number of amides is 2. The van der Waals surface area contributed by atoms with E-state index in [4.69, 9.17) is 9.84 Å². The maximum Gasteiger partial charge on any atom is 0.317 e. The van der Waals surface area contributed by atoms with Gasteiger partial charge >= 0.3 is 12.0 Å². The molecule has 0 spiro atoms. The first-order chi connectivity index (χ1) is 9.77.